The highest BCUT2D eigenvalue weighted by Crippen LogP contribution is 2.23. The summed E-state index contributed by atoms with van der Waals surface area (Å²) >= 11 is 5.20. The van der Waals surface area contributed by atoms with Gasteiger partial charge in [0.05, 0.1) is 18.7 Å². The maximum absolute atomic E-state index is 12.6. The van der Waals surface area contributed by atoms with E-state index in [1.54, 1.807) is 12.3 Å². The van der Waals surface area contributed by atoms with Crippen molar-refractivity contribution in [3.63, 3.8) is 0 Å². The molecule has 1 aromatic rings. The van der Waals surface area contributed by atoms with Crippen LogP contribution in [0.15, 0.2) is 16.7 Å². The predicted molar refractivity (Wildman–Crippen MR) is 92.5 cm³/mol. The number of carbonyl (C=O) groups excluding carboxylic acids is 1. The second-order valence-corrected chi connectivity index (χ2v) is 7.52. The van der Waals surface area contributed by atoms with E-state index in [-0.39, 0.29) is 5.91 Å². The molecule has 3 rings (SSSR count). The van der Waals surface area contributed by atoms with Crippen molar-refractivity contribution >= 4 is 39.4 Å². The van der Waals surface area contributed by atoms with Gasteiger partial charge in [-0.2, -0.15) is 17.0 Å². The Morgan fingerprint density at radius 3 is 2.96 bits per heavy atom. The van der Waals surface area contributed by atoms with Crippen LogP contribution in [-0.4, -0.2) is 66.2 Å². The number of hydrogen-bond donors (Lipinski definition) is 0. The van der Waals surface area contributed by atoms with Crippen LogP contribution < -0.4 is 4.90 Å². The maximum atomic E-state index is 12.6. The van der Waals surface area contributed by atoms with Crippen molar-refractivity contribution in [2.45, 2.75) is 6.10 Å². The van der Waals surface area contributed by atoms with Crippen LogP contribution in [0, 0.1) is 11.3 Å². The molecular formula is C15H17BrN4O2S. The van der Waals surface area contributed by atoms with E-state index in [4.69, 9.17) is 4.74 Å². The van der Waals surface area contributed by atoms with Gasteiger partial charge in [0.15, 0.2) is 6.10 Å². The van der Waals surface area contributed by atoms with Crippen LogP contribution in [0.5, 0.6) is 0 Å². The van der Waals surface area contributed by atoms with Gasteiger partial charge in [-0.3, -0.25) is 4.79 Å². The van der Waals surface area contributed by atoms with E-state index in [0.29, 0.717) is 31.1 Å². The molecule has 0 bridgehead atoms. The summed E-state index contributed by atoms with van der Waals surface area (Å²) in [6.45, 7) is 3.09. The lowest BCUT2D eigenvalue weighted by atomic mass is 10.2. The van der Waals surface area contributed by atoms with Gasteiger partial charge in [-0.05, 0) is 22.0 Å². The monoisotopic (exact) mass is 396 g/mol. The minimum Gasteiger partial charge on any atom is -0.365 e. The number of nitrogens with zero attached hydrogens (tertiary/aromatic N) is 4. The topological polar surface area (TPSA) is 69.5 Å². The van der Waals surface area contributed by atoms with E-state index in [1.165, 1.54) is 0 Å². The minimum absolute atomic E-state index is 0.0469. The van der Waals surface area contributed by atoms with Crippen molar-refractivity contribution in [1.82, 2.24) is 9.88 Å². The molecular weight excluding hydrogens is 380 g/mol. The Labute approximate surface area is 147 Å². The van der Waals surface area contributed by atoms with Gasteiger partial charge in [0.25, 0.3) is 5.91 Å². The van der Waals surface area contributed by atoms with Crippen LogP contribution in [0.25, 0.3) is 0 Å². The van der Waals surface area contributed by atoms with Gasteiger partial charge < -0.3 is 14.5 Å². The normalized spacial score (nSPS) is 21.8. The maximum Gasteiger partial charge on any atom is 0.253 e. The van der Waals surface area contributed by atoms with Crippen LogP contribution in [0.4, 0.5) is 5.82 Å². The highest BCUT2D eigenvalue weighted by molar-refractivity contribution is 9.10. The molecule has 122 valence electrons. The first-order valence-electron chi connectivity index (χ1n) is 7.48. The Morgan fingerprint density at radius 2 is 2.22 bits per heavy atom. The quantitative estimate of drug-likeness (QED) is 0.754. The number of aromatic nitrogens is 1. The number of morpholine rings is 1. The summed E-state index contributed by atoms with van der Waals surface area (Å²) in [5.41, 5.74) is 0.502. The number of pyridine rings is 1. The molecule has 0 aliphatic carbocycles. The molecule has 0 aromatic carbocycles. The smallest absolute Gasteiger partial charge is 0.253 e. The average molecular weight is 397 g/mol. The van der Waals surface area contributed by atoms with Crippen molar-refractivity contribution < 1.29 is 9.53 Å². The summed E-state index contributed by atoms with van der Waals surface area (Å²) in [4.78, 5) is 20.8. The molecule has 23 heavy (non-hydrogen) atoms. The Hall–Kier alpha value is -1.30. The fourth-order valence-electron chi connectivity index (χ4n) is 2.74. The molecule has 3 heterocycles. The first-order chi connectivity index (χ1) is 11.2. The summed E-state index contributed by atoms with van der Waals surface area (Å²) < 4.78 is 6.45. The first-order valence-corrected chi connectivity index (χ1v) is 9.42. The Kier molecular flexibility index (Phi) is 5.41. The fourth-order valence-corrected chi connectivity index (χ4v) is 3.98. The molecule has 1 aromatic heterocycles. The molecule has 8 heteroatoms. The summed E-state index contributed by atoms with van der Waals surface area (Å²) in [7, 11) is 0. The molecule has 0 spiro atoms. The number of thioether (sulfide) groups is 1. The third-order valence-corrected chi connectivity index (χ3v) is 5.29. The fraction of sp³-hybridized carbons (Fsp3) is 0.533. The summed E-state index contributed by atoms with van der Waals surface area (Å²) in [5, 5.41) is 9.31. The molecule has 0 N–H and O–H groups in total. The molecule has 2 aliphatic rings. The summed E-state index contributed by atoms with van der Waals surface area (Å²) in [6.07, 6.45) is 1.19. The molecule has 0 saturated carbocycles. The number of amides is 1. The predicted octanol–water partition coefficient (Wildman–Crippen LogP) is 1.50. The second kappa shape index (κ2) is 7.51. The lowest BCUT2D eigenvalue weighted by molar-refractivity contribution is -0.144. The number of ether oxygens (including phenoxy) is 1. The number of rotatable bonds is 2. The molecule has 1 atom stereocenters. The Morgan fingerprint density at radius 1 is 1.43 bits per heavy atom. The van der Waals surface area contributed by atoms with Crippen molar-refractivity contribution in [3.8, 4) is 6.07 Å². The van der Waals surface area contributed by atoms with Crippen molar-refractivity contribution in [2.75, 3.05) is 49.2 Å². The van der Waals surface area contributed by atoms with Gasteiger partial charge in [0, 0.05) is 41.8 Å². The van der Waals surface area contributed by atoms with Crippen LogP contribution in [-0.2, 0) is 9.53 Å². The van der Waals surface area contributed by atoms with Crippen molar-refractivity contribution in [2.24, 2.45) is 0 Å². The number of hydrogen-bond acceptors (Lipinski definition) is 6. The van der Waals surface area contributed by atoms with Crippen LogP contribution in [0.2, 0.25) is 0 Å². The first kappa shape index (κ1) is 16.6. The van der Waals surface area contributed by atoms with E-state index in [1.807, 2.05) is 21.6 Å². The molecule has 1 amide bonds. The van der Waals surface area contributed by atoms with E-state index in [0.717, 1.165) is 29.1 Å². The van der Waals surface area contributed by atoms with Gasteiger partial charge in [-0.15, -0.1) is 0 Å². The number of nitriles is 1. The zero-order chi connectivity index (χ0) is 16.2. The van der Waals surface area contributed by atoms with Crippen LogP contribution in [0.3, 0.4) is 0 Å². The largest absolute Gasteiger partial charge is 0.365 e. The number of carbonyl (C=O) groups is 1. The van der Waals surface area contributed by atoms with Crippen LogP contribution in [0.1, 0.15) is 5.56 Å². The van der Waals surface area contributed by atoms with Crippen molar-refractivity contribution in [1.29, 1.82) is 5.26 Å². The molecule has 1 unspecified atom stereocenters. The van der Waals surface area contributed by atoms with Crippen LogP contribution >= 0.6 is 27.7 Å². The zero-order valence-electron chi connectivity index (χ0n) is 12.6. The third-order valence-electron chi connectivity index (χ3n) is 3.92. The highest BCUT2D eigenvalue weighted by atomic mass is 79.9. The minimum atomic E-state index is -0.483. The van der Waals surface area contributed by atoms with E-state index >= 15 is 0 Å². The average Bonchev–Trinajstić information content (AvgIpc) is 2.61. The van der Waals surface area contributed by atoms with Crippen molar-refractivity contribution in [3.05, 3.63) is 22.3 Å². The Balaban J connectivity index is 1.73. The van der Waals surface area contributed by atoms with Gasteiger partial charge in [-0.25, -0.2) is 4.98 Å². The van der Waals surface area contributed by atoms with E-state index in [2.05, 4.69) is 27.0 Å². The zero-order valence-corrected chi connectivity index (χ0v) is 15.0. The molecule has 2 saturated heterocycles. The standard InChI is InChI=1S/C15H17BrN4O2S/c16-12-7-11(8-17)14(18-9-12)20-1-4-22-13(10-20)15(21)19-2-5-23-6-3-19/h7,9,13H,1-6,10H2. The molecule has 2 fully saturated rings. The summed E-state index contributed by atoms with van der Waals surface area (Å²) in [6, 6.07) is 3.91. The van der Waals surface area contributed by atoms with Gasteiger partial charge in [0.1, 0.15) is 11.9 Å². The summed E-state index contributed by atoms with van der Waals surface area (Å²) in [5.74, 6) is 2.63. The lowest BCUT2D eigenvalue weighted by Crippen LogP contribution is -2.53. The number of anilines is 1. The van der Waals surface area contributed by atoms with Gasteiger partial charge in [-0.1, -0.05) is 0 Å². The molecule has 0 radical (unpaired) electrons. The third kappa shape index (κ3) is 3.79. The van der Waals surface area contributed by atoms with E-state index < -0.39 is 6.10 Å². The highest BCUT2D eigenvalue weighted by Gasteiger charge is 2.32. The van der Waals surface area contributed by atoms with E-state index in [9.17, 15) is 10.1 Å². The lowest BCUT2D eigenvalue weighted by Gasteiger charge is -2.36. The molecule has 2 aliphatic heterocycles. The SMILES string of the molecule is N#Cc1cc(Br)cnc1N1CCOC(C(=O)N2CCSCC2)C1. The second-order valence-electron chi connectivity index (χ2n) is 5.38. The Bertz CT molecular complexity index is 630. The number of halogens is 1. The van der Waals surface area contributed by atoms with Gasteiger partial charge >= 0.3 is 0 Å². The van der Waals surface area contributed by atoms with Gasteiger partial charge in [0.2, 0.25) is 0 Å². The molecule has 6 nitrogen and oxygen atoms in total.